The van der Waals surface area contributed by atoms with Gasteiger partial charge in [-0.05, 0) is 23.6 Å². The van der Waals surface area contributed by atoms with Crippen molar-refractivity contribution in [3.05, 3.63) is 77.9 Å². The van der Waals surface area contributed by atoms with E-state index in [1.54, 1.807) is 6.08 Å². The number of ether oxygens (including phenoxy) is 1. The van der Waals surface area contributed by atoms with Crippen molar-refractivity contribution >= 4 is 12.0 Å². The molecule has 4 rings (SSSR count). The molecule has 2 aliphatic rings. The van der Waals surface area contributed by atoms with E-state index in [1.807, 2.05) is 42.5 Å². The predicted molar refractivity (Wildman–Crippen MR) is 103 cm³/mol. The van der Waals surface area contributed by atoms with E-state index in [-0.39, 0.29) is 18.1 Å². The smallest absolute Gasteiger partial charge is 0.244 e. The Morgan fingerprint density at radius 2 is 1.77 bits per heavy atom. The minimum Gasteiger partial charge on any atom is -0.371 e. The molecule has 1 N–H and O–H groups in total. The zero-order chi connectivity index (χ0) is 17.8. The average molecular weight is 348 g/mol. The molecule has 1 amide bonds. The minimum absolute atomic E-state index is 0.0285. The summed E-state index contributed by atoms with van der Waals surface area (Å²) < 4.78 is 6.07. The van der Waals surface area contributed by atoms with Gasteiger partial charge in [0.1, 0.15) is 0 Å². The Hall–Kier alpha value is -2.43. The lowest BCUT2D eigenvalue weighted by atomic mass is 10.1. The number of nitrogens with zero attached hydrogens (tertiary/aromatic N) is 1. The summed E-state index contributed by atoms with van der Waals surface area (Å²) in [5.41, 5.74) is 2.26. The molecule has 26 heavy (non-hydrogen) atoms. The van der Waals surface area contributed by atoms with Gasteiger partial charge in [0.25, 0.3) is 0 Å². The van der Waals surface area contributed by atoms with Crippen LogP contribution in [0.1, 0.15) is 23.7 Å². The Bertz CT molecular complexity index is 760. The fraction of sp³-hybridized carbons (Fsp3) is 0.318. The molecule has 0 bridgehead atoms. The molecule has 0 unspecified atom stereocenters. The summed E-state index contributed by atoms with van der Waals surface area (Å²) in [5, 5.41) is 3.14. The minimum atomic E-state index is -0.0285. The fourth-order valence-electron chi connectivity index (χ4n) is 3.83. The van der Waals surface area contributed by atoms with E-state index < -0.39 is 0 Å². The van der Waals surface area contributed by atoms with Crippen molar-refractivity contribution in [2.45, 2.75) is 24.6 Å². The Labute approximate surface area is 154 Å². The van der Waals surface area contributed by atoms with Gasteiger partial charge in [0, 0.05) is 31.2 Å². The number of benzene rings is 2. The lowest BCUT2D eigenvalue weighted by Crippen LogP contribution is -2.43. The zero-order valence-electron chi connectivity index (χ0n) is 14.8. The second kappa shape index (κ2) is 7.85. The summed E-state index contributed by atoms with van der Waals surface area (Å²) in [6, 6.07) is 20.8. The maximum Gasteiger partial charge on any atom is 0.244 e. The Morgan fingerprint density at radius 1 is 1.04 bits per heavy atom. The predicted octanol–water partition coefficient (Wildman–Crippen LogP) is 3.03. The number of hydrogen-bond donors (Lipinski definition) is 1. The first kappa shape index (κ1) is 17.0. The molecule has 0 radical (unpaired) electrons. The second-order valence-corrected chi connectivity index (χ2v) is 7.03. The van der Waals surface area contributed by atoms with Crippen molar-refractivity contribution in [1.29, 1.82) is 0 Å². The van der Waals surface area contributed by atoms with Crippen LogP contribution in [0.5, 0.6) is 0 Å². The number of carbonyl (C=O) groups excluding carboxylic acids is 1. The number of nitrogens with one attached hydrogen (secondary N) is 1. The van der Waals surface area contributed by atoms with Crippen LogP contribution < -0.4 is 5.32 Å². The number of amides is 1. The van der Waals surface area contributed by atoms with Gasteiger partial charge in [-0.2, -0.15) is 0 Å². The van der Waals surface area contributed by atoms with Crippen LogP contribution in [0.25, 0.3) is 6.08 Å². The van der Waals surface area contributed by atoms with E-state index in [1.165, 1.54) is 5.56 Å². The van der Waals surface area contributed by atoms with Crippen LogP contribution in [0.2, 0.25) is 0 Å². The topological polar surface area (TPSA) is 41.6 Å². The van der Waals surface area contributed by atoms with Gasteiger partial charge in [0.15, 0.2) is 0 Å². The highest BCUT2D eigenvalue weighted by atomic mass is 16.5. The number of morpholine rings is 1. The van der Waals surface area contributed by atoms with Gasteiger partial charge in [-0.25, -0.2) is 0 Å². The van der Waals surface area contributed by atoms with Crippen LogP contribution in [0.15, 0.2) is 66.7 Å². The third-order valence-electron chi connectivity index (χ3n) is 5.16. The van der Waals surface area contributed by atoms with Gasteiger partial charge < -0.3 is 10.1 Å². The SMILES string of the molecule is O=C(/C=C/c1ccccc1)N[C@H]1C[C@H]2CO[C@@H](c3ccccc3)CN2C1. The summed E-state index contributed by atoms with van der Waals surface area (Å²) in [6.07, 6.45) is 4.55. The fourth-order valence-corrected chi connectivity index (χ4v) is 3.83. The van der Waals surface area contributed by atoms with Gasteiger partial charge in [0.05, 0.1) is 12.7 Å². The maximum atomic E-state index is 12.2. The normalized spacial score (nSPS) is 25.9. The van der Waals surface area contributed by atoms with Gasteiger partial charge in [-0.3, -0.25) is 9.69 Å². The monoisotopic (exact) mass is 348 g/mol. The van der Waals surface area contributed by atoms with E-state index >= 15 is 0 Å². The van der Waals surface area contributed by atoms with Gasteiger partial charge >= 0.3 is 0 Å². The summed E-state index contributed by atoms with van der Waals surface area (Å²) in [6.45, 7) is 2.51. The molecule has 2 saturated heterocycles. The van der Waals surface area contributed by atoms with Crippen molar-refractivity contribution in [2.75, 3.05) is 19.7 Å². The van der Waals surface area contributed by atoms with Crippen LogP contribution in [-0.2, 0) is 9.53 Å². The largest absolute Gasteiger partial charge is 0.371 e. The van der Waals surface area contributed by atoms with Crippen molar-refractivity contribution in [2.24, 2.45) is 0 Å². The zero-order valence-corrected chi connectivity index (χ0v) is 14.8. The second-order valence-electron chi connectivity index (χ2n) is 7.03. The molecule has 4 heteroatoms. The van der Waals surface area contributed by atoms with Crippen LogP contribution in [0.4, 0.5) is 0 Å². The Morgan fingerprint density at radius 3 is 2.54 bits per heavy atom. The molecule has 0 spiro atoms. The molecule has 2 heterocycles. The Kier molecular flexibility index (Phi) is 5.14. The van der Waals surface area contributed by atoms with E-state index in [4.69, 9.17) is 4.74 Å². The quantitative estimate of drug-likeness (QED) is 0.864. The van der Waals surface area contributed by atoms with Gasteiger partial charge in [-0.1, -0.05) is 60.7 Å². The number of carbonyl (C=O) groups is 1. The molecule has 0 saturated carbocycles. The molecular formula is C22H24N2O2. The molecule has 2 aliphatic heterocycles. The number of rotatable bonds is 4. The van der Waals surface area contributed by atoms with Crippen LogP contribution >= 0.6 is 0 Å². The molecule has 0 aliphatic carbocycles. The van der Waals surface area contributed by atoms with Crippen molar-refractivity contribution < 1.29 is 9.53 Å². The molecule has 4 nitrogen and oxygen atoms in total. The number of hydrogen-bond acceptors (Lipinski definition) is 3. The highest BCUT2D eigenvalue weighted by molar-refractivity contribution is 5.91. The third-order valence-corrected chi connectivity index (χ3v) is 5.16. The molecule has 2 aromatic rings. The molecule has 3 atom stereocenters. The highest BCUT2D eigenvalue weighted by Crippen LogP contribution is 2.30. The number of fused-ring (bicyclic) bond motifs is 1. The molecule has 2 fully saturated rings. The average Bonchev–Trinajstić information content (AvgIpc) is 3.09. The first-order chi connectivity index (χ1) is 12.8. The van der Waals surface area contributed by atoms with Gasteiger partial charge in [0.2, 0.25) is 5.91 Å². The van der Waals surface area contributed by atoms with Crippen LogP contribution in [0.3, 0.4) is 0 Å². The molecular weight excluding hydrogens is 324 g/mol. The lowest BCUT2D eigenvalue weighted by molar-refractivity contribution is -0.117. The van der Waals surface area contributed by atoms with E-state index in [9.17, 15) is 4.79 Å². The maximum absolute atomic E-state index is 12.2. The standard InChI is InChI=1S/C22H24N2O2/c25-22(12-11-17-7-3-1-4-8-17)23-19-13-20-16-26-21(15-24(20)14-19)18-9-5-2-6-10-18/h1-12,19-21H,13-16H2,(H,23,25)/b12-11+/t19-,20-,21+/m0/s1. The first-order valence-electron chi connectivity index (χ1n) is 9.22. The van der Waals surface area contributed by atoms with E-state index in [0.717, 1.165) is 31.7 Å². The van der Waals surface area contributed by atoms with Crippen molar-refractivity contribution in [1.82, 2.24) is 10.2 Å². The van der Waals surface area contributed by atoms with E-state index in [0.29, 0.717) is 6.04 Å². The van der Waals surface area contributed by atoms with Crippen LogP contribution in [0, 0.1) is 0 Å². The molecule has 134 valence electrons. The van der Waals surface area contributed by atoms with Gasteiger partial charge in [-0.15, -0.1) is 0 Å². The highest BCUT2D eigenvalue weighted by Gasteiger charge is 2.38. The Balaban J connectivity index is 1.31. The van der Waals surface area contributed by atoms with E-state index in [2.05, 4.69) is 34.5 Å². The molecule has 2 aromatic carbocycles. The first-order valence-corrected chi connectivity index (χ1v) is 9.22. The third kappa shape index (κ3) is 4.03. The van der Waals surface area contributed by atoms with Crippen molar-refractivity contribution in [3.63, 3.8) is 0 Å². The van der Waals surface area contributed by atoms with Crippen LogP contribution in [-0.4, -0.2) is 42.6 Å². The lowest BCUT2D eigenvalue weighted by Gasteiger charge is -2.35. The summed E-state index contributed by atoms with van der Waals surface area (Å²) in [4.78, 5) is 14.7. The molecule has 0 aromatic heterocycles. The summed E-state index contributed by atoms with van der Waals surface area (Å²) in [5.74, 6) is -0.0285. The summed E-state index contributed by atoms with van der Waals surface area (Å²) >= 11 is 0. The van der Waals surface area contributed by atoms with Crippen molar-refractivity contribution in [3.8, 4) is 0 Å². The summed E-state index contributed by atoms with van der Waals surface area (Å²) in [7, 11) is 0.